The summed E-state index contributed by atoms with van der Waals surface area (Å²) in [7, 11) is 1.44. The number of methoxy groups -OCH3 is 1. The topological polar surface area (TPSA) is 105 Å². The fraction of sp³-hybridized carbons (Fsp3) is 0.433. The zero-order valence-electron chi connectivity index (χ0n) is 23.8. The minimum Gasteiger partial charge on any atom is -0.468 e. The van der Waals surface area contributed by atoms with Crippen LogP contribution in [-0.4, -0.2) is 67.9 Å². The van der Waals surface area contributed by atoms with Crippen molar-refractivity contribution < 1.29 is 9.53 Å². The number of nitrogens with one attached hydrogen (secondary N) is 1. The Balaban J connectivity index is 1.47. The summed E-state index contributed by atoms with van der Waals surface area (Å²) in [6.45, 7) is 9.98. The smallest absolute Gasteiger partial charge is 0.325 e. The molecule has 10 nitrogen and oxygen atoms in total. The number of benzene rings is 2. The largest absolute Gasteiger partial charge is 0.468 e. The van der Waals surface area contributed by atoms with Gasteiger partial charge in [-0.2, -0.15) is 5.21 Å². The number of hydrogen-bond donors (Lipinski definition) is 1. The maximum atomic E-state index is 12.3. The summed E-state index contributed by atoms with van der Waals surface area (Å²) in [5, 5.41) is 14.6. The lowest BCUT2D eigenvalue weighted by atomic mass is 9.98. The molecule has 0 radical (unpaired) electrons. The number of aromatic amines is 1. The van der Waals surface area contributed by atoms with E-state index in [9.17, 15) is 4.79 Å². The van der Waals surface area contributed by atoms with Crippen LogP contribution in [0.1, 0.15) is 50.7 Å². The first-order chi connectivity index (χ1) is 19.5. The highest BCUT2D eigenvalue weighted by Gasteiger charge is 2.31. The van der Waals surface area contributed by atoms with Crippen molar-refractivity contribution in [2.45, 2.75) is 53.1 Å². The molecule has 3 heterocycles. The summed E-state index contributed by atoms with van der Waals surface area (Å²) >= 11 is 0. The molecule has 2 aromatic heterocycles. The van der Waals surface area contributed by atoms with Gasteiger partial charge in [-0.15, -0.1) is 10.2 Å². The summed E-state index contributed by atoms with van der Waals surface area (Å²) < 4.78 is 7.38. The predicted molar refractivity (Wildman–Crippen MR) is 154 cm³/mol. The third kappa shape index (κ3) is 6.07. The monoisotopic (exact) mass is 542 g/mol. The Hall–Kier alpha value is -4.05. The zero-order valence-corrected chi connectivity index (χ0v) is 23.8. The highest BCUT2D eigenvalue weighted by atomic mass is 16.5. The van der Waals surface area contributed by atoms with Gasteiger partial charge in [-0.1, -0.05) is 75.7 Å². The third-order valence-corrected chi connectivity index (χ3v) is 7.22. The molecule has 0 atom stereocenters. The fourth-order valence-corrected chi connectivity index (χ4v) is 5.38. The Morgan fingerprint density at radius 3 is 2.55 bits per heavy atom. The summed E-state index contributed by atoms with van der Waals surface area (Å²) in [6.07, 6.45) is 3.06. The Kier molecular flexibility index (Phi) is 8.54. The normalized spacial score (nSPS) is 13.6. The average Bonchev–Trinajstić information content (AvgIpc) is 3.61. The van der Waals surface area contributed by atoms with Crippen molar-refractivity contribution in [1.29, 1.82) is 0 Å². The Labute approximate surface area is 235 Å². The number of aromatic nitrogens is 6. The number of hydrogen-bond acceptors (Lipinski definition) is 8. The van der Waals surface area contributed by atoms with Crippen LogP contribution >= 0.6 is 0 Å². The number of ether oxygens (including phenoxy) is 1. The van der Waals surface area contributed by atoms with Crippen LogP contribution in [0.3, 0.4) is 0 Å². The van der Waals surface area contributed by atoms with Crippen LogP contribution < -0.4 is 4.90 Å². The number of anilines is 1. The van der Waals surface area contributed by atoms with Gasteiger partial charge in [-0.05, 0) is 34.2 Å². The van der Waals surface area contributed by atoms with Crippen LogP contribution in [0.15, 0.2) is 48.5 Å². The molecule has 210 valence electrons. The molecule has 1 aliphatic heterocycles. The van der Waals surface area contributed by atoms with Gasteiger partial charge in [0.15, 0.2) is 5.82 Å². The fourth-order valence-electron chi connectivity index (χ4n) is 5.38. The number of unbranched alkanes of at least 4 members (excludes halogenated alkanes) is 1. The standard InChI is InChI=1S/C30H38N8O2/c1-5-6-11-27-31-30-26(18-36(16-21(2)3)20-37(30)19-28(39)40-4)38(27)17-22-12-14-23(15-13-22)24-9-7-8-10-25(24)29-32-34-35-33-29/h7-10,12-15,21H,5-6,11,16-20H2,1-4H3,(H,32,33,34,35). The number of nitrogens with zero attached hydrogens (tertiary/aromatic N) is 7. The zero-order chi connectivity index (χ0) is 28.1. The molecule has 1 aliphatic rings. The molecule has 0 saturated carbocycles. The van der Waals surface area contributed by atoms with E-state index in [2.05, 4.69) is 86.1 Å². The number of aryl methyl sites for hydroxylation is 1. The summed E-state index contributed by atoms with van der Waals surface area (Å²) in [5.41, 5.74) is 5.44. The first-order valence-corrected chi connectivity index (χ1v) is 14.0. The number of tetrazole rings is 1. The maximum absolute atomic E-state index is 12.3. The number of imidazole rings is 1. The van der Waals surface area contributed by atoms with Crippen molar-refractivity contribution in [2.75, 3.05) is 31.8 Å². The van der Waals surface area contributed by atoms with Gasteiger partial charge < -0.3 is 14.2 Å². The van der Waals surface area contributed by atoms with E-state index >= 15 is 0 Å². The van der Waals surface area contributed by atoms with Gasteiger partial charge in [0.2, 0.25) is 5.82 Å². The molecule has 0 fully saturated rings. The summed E-state index contributed by atoms with van der Waals surface area (Å²) in [5.74, 6) is 2.81. The molecular formula is C30H38N8O2. The maximum Gasteiger partial charge on any atom is 0.325 e. The van der Waals surface area contributed by atoms with E-state index < -0.39 is 0 Å². The minimum atomic E-state index is -0.251. The van der Waals surface area contributed by atoms with Gasteiger partial charge in [0.1, 0.15) is 12.4 Å². The predicted octanol–water partition coefficient (Wildman–Crippen LogP) is 4.53. The van der Waals surface area contributed by atoms with Crippen LogP contribution in [0.5, 0.6) is 0 Å². The van der Waals surface area contributed by atoms with E-state index in [1.54, 1.807) is 0 Å². The van der Waals surface area contributed by atoms with E-state index in [4.69, 9.17) is 9.72 Å². The molecule has 0 unspecified atom stereocenters. The van der Waals surface area contributed by atoms with Crippen molar-refractivity contribution in [3.05, 3.63) is 65.6 Å². The molecule has 0 saturated heterocycles. The van der Waals surface area contributed by atoms with Crippen molar-refractivity contribution in [3.63, 3.8) is 0 Å². The highest BCUT2D eigenvalue weighted by Crippen LogP contribution is 2.32. The average molecular weight is 543 g/mol. The van der Waals surface area contributed by atoms with E-state index in [0.717, 1.165) is 72.9 Å². The second kappa shape index (κ2) is 12.4. The molecule has 10 heteroatoms. The van der Waals surface area contributed by atoms with Crippen LogP contribution in [0.4, 0.5) is 5.82 Å². The number of carbonyl (C=O) groups excluding carboxylic acids is 1. The number of rotatable bonds is 11. The van der Waals surface area contributed by atoms with Gasteiger partial charge in [-0.25, -0.2) is 4.98 Å². The van der Waals surface area contributed by atoms with E-state index in [-0.39, 0.29) is 12.5 Å². The van der Waals surface area contributed by atoms with Gasteiger partial charge in [0, 0.05) is 31.6 Å². The lowest BCUT2D eigenvalue weighted by Gasteiger charge is -2.36. The Morgan fingerprint density at radius 2 is 1.88 bits per heavy atom. The highest BCUT2D eigenvalue weighted by molar-refractivity contribution is 5.80. The molecular weight excluding hydrogens is 504 g/mol. The Bertz CT molecular complexity index is 1410. The lowest BCUT2D eigenvalue weighted by molar-refractivity contribution is -0.139. The summed E-state index contributed by atoms with van der Waals surface area (Å²) in [4.78, 5) is 21.9. The quantitative estimate of drug-likeness (QED) is 0.276. The van der Waals surface area contributed by atoms with Crippen molar-refractivity contribution in [1.82, 2.24) is 35.1 Å². The lowest BCUT2D eigenvalue weighted by Crippen LogP contribution is -2.46. The van der Waals surface area contributed by atoms with Crippen LogP contribution in [0.25, 0.3) is 22.5 Å². The number of fused-ring (bicyclic) bond motifs is 1. The van der Waals surface area contributed by atoms with Crippen molar-refractivity contribution in [3.8, 4) is 22.5 Å². The minimum absolute atomic E-state index is 0.191. The SMILES string of the molecule is CCCCc1nc2c(n1Cc1ccc(-c3ccccc3-c3nn[nH]n3)cc1)CN(CC(C)C)CN2CC(=O)OC. The number of H-pyrrole nitrogens is 1. The molecule has 1 N–H and O–H groups in total. The number of carbonyl (C=O) groups is 1. The van der Waals surface area contributed by atoms with Crippen molar-refractivity contribution in [2.24, 2.45) is 5.92 Å². The summed E-state index contributed by atoms with van der Waals surface area (Å²) in [6, 6.07) is 16.8. The molecule has 5 rings (SSSR count). The first kappa shape index (κ1) is 27.5. The molecule has 0 bridgehead atoms. The molecule has 4 aromatic rings. The van der Waals surface area contributed by atoms with Crippen LogP contribution in [0, 0.1) is 5.92 Å². The van der Waals surface area contributed by atoms with Crippen LogP contribution in [-0.2, 0) is 29.0 Å². The third-order valence-electron chi connectivity index (χ3n) is 7.22. The second-order valence-corrected chi connectivity index (χ2v) is 10.8. The molecule has 0 spiro atoms. The molecule has 0 amide bonds. The first-order valence-electron chi connectivity index (χ1n) is 14.0. The van der Waals surface area contributed by atoms with E-state index in [1.165, 1.54) is 12.7 Å². The van der Waals surface area contributed by atoms with Crippen LogP contribution in [0.2, 0.25) is 0 Å². The van der Waals surface area contributed by atoms with Gasteiger partial charge in [0.25, 0.3) is 0 Å². The van der Waals surface area contributed by atoms with Crippen molar-refractivity contribution >= 4 is 11.8 Å². The number of esters is 1. The molecule has 2 aromatic carbocycles. The Morgan fingerprint density at radius 1 is 1.10 bits per heavy atom. The van der Waals surface area contributed by atoms with Gasteiger partial charge in [-0.3, -0.25) is 9.69 Å². The van der Waals surface area contributed by atoms with E-state index in [0.29, 0.717) is 18.4 Å². The van der Waals surface area contributed by atoms with Gasteiger partial charge in [0.05, 0.1) is 19.5 Å². The van der Waals surface area contributed by atoms with Gasteiger partial charge >= 0.3 is 5.97 Å². The van der Waals surface area contributed by atoms with E-state index in [1.807, 2.05) is 18.2 Å². The second-order valence-electron chi connectivity index (χ2n) is 10.8. The molecule has 40 heavy (non-hydrogen) atoms. The molecule has 0 aliphatic carbocycles.